The Morgan fingerprint density at radius 1 is 1.14 bits per heavy atom. The third-order valence-electron chi connectivity index (χ3n) is 3.68. The average molecular weight is 423 g/mol. The van der Waals surface area contributed by atoms with Gasteiger partial charge in [0.2, 0.25) is 15.9 Å². The number of esters is 1. The number of hydrogen-bond acceptors (Lipinski definition) is 7. The van der Waals surface area contributed by atoms with Crippen LogP contribution in [-0.2, 0) is 26.1 Å². The normalized spacial score (nSPS) is 10.9. The molecule has 0 aliphatic rings. The Balaban J connectivity index is 2.25. The highest BCUT2D eigenvalue weighted by molar-refractivity contribution is 7.92. The van der Waals surface area contributed by atoms with Crippen molar-refractivity contribution in [2.45, 2.75) is 20.4 Å². The molecule has 0 saturated heterocycles. The SMILES string of the molecule is COC(=O)c1cc(CNC(=O)c2cc(NC(C)=O)ccc2NS(C)(=O)=O)oc1C. The van der Waals surface area contributed by atoms with Crippen molar-refractivity contribution in [1.29, 1.82) is 0 Å². The predicted octanol–water partition coefficient (Wildman–Crippen LogP) is 1.63. The number of carbonyl (C=O) groups is 3. The van der Waals surface area contributed by atoms with Crippen molar-refractivity contribution in [3.8, 4) is 0 Å². The number of ether oxygens (including phenoxy) is 1. The number of methoxy groups -OCH3 is 1. The van der Waals surface area contributed by atoms with Crippen LogP contribution in [0.3, 0.4) is 0 Å². The largest absolute Gasteiger partial charge is 0.465 e. The fourth-order valence-corrected chi connectivity index (χ4v) is 3.09. The third kappa shape index (κ3) is 6.07. The zero-order valence-corrected chi connectivity index (χ0v) is 17.1. The molecule has 1 aromatic carbocycles. The average Bonchev–Trinajstić information content (AvgIpc) is 2.99. The lowest BCUT2D eigenvalue weighted by atomic mass is 10.1. The first kappa shape index (κ1) is 22.0. The quantitative estimate of drug-likeness (QED) is 0.574. The molecule has 0 unspecified atom stereocenters. The molecule has 1 heterocycles. The van der Waals surface area contributed by atoms with Crippen molar-refractivity contribution in [3.63, 3.8) is 0 Å². The van der Waals surface area contributed by atoms with Gasteiger partial charge in [0.05, 0.1) is 31.2 Å². The molecule has 10 nitrogen and oxygen atoms in total. The summed E-state index contributed by atoms with van der Waals surface area (Å²) in [4.78, 5) is 35.6. The number of furan rings is 1. The topological polar surface area (TPSA) is 144 Å². The van der Waals surface area contributed by atoms with Crippen LogP contribution < -0.4 is 15.4 Å². The molecule has 29 heavy (non-hydrogen) atoms. The van der Waals surface area contributed by atoms with Crippen molar-refractivity contribution >= 4 is 39.2 Å². The maximum atomic E-state index is 12.7. The molecule has 0 bridgehead atoms. The maximum Gasteiger partial charge on any atom is 0.341 e. The van der Waals surface area contributed by atoms with E-state index in [2.05, 4.69) is 20.1 Å². The number of hydrogen-bond donors (Lipinski definition) is 3. The van der Waals surface area contributed by atoms with Gasteiger partial charge < -0.3 is 19.8 Å². The van der Waals surface area contributed by atoms with Gasteiger partial charge in [-0.15, -0.1) is 0 Å². The summed E-state index contributed by atoms with van der Waals surface area (Å²) >= 11 is 0. The molecule has 3 N–H and O–H groups in total. The van der Waals surface area contributed by atoms with Gasteiger partial charge in [-0.05, 0) is 31.2 Å². The summed E-state index contributed by atoms with van der Waals surface area (Å²) in [6.07, 6.45) is 0.955. The Morgan fingerprint density at radius 3 is 2.41 bits per heavy atom. The smallest absolute Gasteiger partial charge is 0.341 e. The second-order valence-corrected chi connectivity index (χ2v) is 7.92. The Kier molecular flexibility index (Phi) is 6.64. The summed E-state index contributed by atoms with van der Waals surface area (Å²) in [6, 6.07) is 5.63. The molecule has 0 aliphatic carbocycles. The number of nitrogens with one attached hydrogen (secondary N) is 3. The van der Waals surface area contributed by atoms with E-state index in [0.29, 0.717) is 17.2 Å². The van der Waals surface area contributed by atoms with Crippen LogP contribution in [0.2, 0.25) is 0 Å². The maximum absolute atomic E-state index is 12.7. The van der Waals surface area contributed by atoms with E-state index in [-0.39, 0.29) is 29.3 Å². The number of aryl methyl sites for hydroxylation is 1. The Bertz CT molecular complexity index is 1060. The summed E-state index contributed by atoms with van der Waals surface area (Å²) in [5, 5.41) is 5.11. The molecular formula is C18H21N3O7S. The molecule has 0 atom stereocenters. The van der Waals surface area contributed by atoms with Crippen LogP contribution >= 0.6 is 0 Å². The van der Waals surface area contributed by atoms with Gasteiger partial charge >= 0.3 is 5.97 Å². The minimum atomic E-state index is -3.64. The van der Waals surface area contributed by atoms with Gasteiger partial charge in [-0.25, -0.2) is 13.2 Å². The molecule has 0 radical (unpaired) electrons. The van der Waals surface area contributed by atoms with E-state index in [1.807, 2.05) is 0 Å². The lowest BCUT2D eigenvalue weighted by molar-refractivity contribution is -0.114. The number of rotatable bonds is 7. The van der Waals surface area contributed by atoms with Gasteiger partial charge in [0.15, 0.2) is 0 Å². The highest BCUT2D eigenvalue weighted by Gasteiger charge is 2.18. The Hall–Kier alpha value is -3.34. The van der Waals surface area contributed by atoms with Crippen molar-refractivity contribution in [3.05, 3.63) is 46.9 Å². The molecule has 0 fully saturated rings. The number of benzene rings is 1. The van der Waals surface area contributed by atoms with Crippen LogP contribution in [0.5, 0.6) is 0 Å². The predicted molar refractivity (Wildman–Crippen MR) is 105 cm³/mol. The summed E-state index contributed by atoms with van der Waals surface area (Å²) in [6.45, 7) is 2.84. The monoisotopic (exact) mass is 423 g/mol. The molecular weight excluding hydrogens is 402 g/mol. The molecule has 1 aromatic heterocycles. The number of amides is 2. The first-order chi connectivity index (χ1) is 13.5. The second-order valence-electron chi connectivity index (χ2n) is 6.17. The highest BCUT2D eigenvalue weighted by Crippen LogP contribution is 2.22. The lowest BCUT2D eigenvalue weighted by Crippen LogP contribution is -2.25. The summed E-state index contributed by atoms with van der Waals surface area (Å²) in [5.41, 5.74) is 0.607. The fourth-order valence-electron chi connectivity index (χ4n) is 2.51. The van der Waals surface area contributed by atoms with Gasteiger partial charge in [-0.1, -0.05) is 0 Å². The molecule has 2 rings (SSSR count). The van der Waals surface area contributed by atoms with Crippen LogP contribution in [0.25, 0.3) is 0 Å². The van der Waals surface area contributed by atoms with E-state index in [9.17, 15) is 22.8 Å². The lowest BCUT2D eigenvalue weighted by Gasteiger charge is -2.13. The van der Waals surface area contributed by atoms with Gasteiger partial charge in [-0.2, -0.15) is 0 Å². The van der Waals surface area contributed by atoms with Crippen LogP contribution in [-0.4, -0.2) is 39.6 Å². The van der Waals surface area contributed by atoms with Crippen LogP contribution in [0.15, 0.2) is 28.7 Å². The van der Waals surface area contributed by atoms with E-state index in [1.165, 1.54) is 38.3 Å². The molecule has 0 saturated carbocycles. The summed E-state index contributed by atoms with van der Waals surface area (Å²) in [5.74, 6) is -0.870. The molecule has 156 valence electrons. The fraction of sp³-hybridized carbons (Fsp3) is 0.278. The number of carbonyl (C=O) groups excluding carboxylic acids is 3. The molecule has 0 aliphatic heterocycles. The van der Waals surface area contributed by atoms with E-state index >= 15 is 0 Å². The first-order valence-electron chi connectivity index (χ1n) is 8.35. The van der Waals surface area contributed by atoms with Crippen molar-refractivity contribution in [1.82, 2.24) is 5.32 Å². The minimum absolute atomic E-state index is 0.00172. The van der Waals surface area contributed by atoms with Gasteiger partial charge in [-0.3, -0.25) is 14.3 Å². The molecule has 2 aromatic rings. The van der Waals surface area contributed by atoms with Gasteiger partial charge in [0.1, 0.15) is 17.1 Å². The van der Waals surface area contributed by atoms with Crippen LogP contribution in [0.1, 0.15) is 39.2 Å². The van der Waals surface area contributed by atoms with Crippen molar-refractivity contribution in [2.24, 2.45) is 0 Å². The molecule has 11 heteroatoms. The van der Waals surface area contributed by atoms with Crippen LogP contribution in [0.4, 0.5) is 11.4 Å². The minimum Gasteiger partial charge on any atom is -0.465 e. The van der Waals surface area contributed by atoms with Gasteiger partial charge in [0.25, 0.3) is 5.91 Å². The van der Waals surface area contributed by atoms with Gasteiger partial charge in [0, 0.05) is 12.6 Å². The van der Waals surface area contributed by atoms with E-state index in [1.54, 1.807) is 6.92 Å². The Labute approximate surface area is 167 Å². The van der Waals surface area contributed by atoms with Crippen LogP contribution in [0, 0.1) is 6.92 Å². The zero-order valence-electron chi connectivity index (χ0n) is 16.3. The summed E-state index contributed by atoms with van der Waals surface area (Å²) in [7, 11) is -2.39. The van der Waals surface area contributed by atoms with E-state index < -0.39 is 21.9 Å². The Morgan fingerprint density at radius 2 is 1.83 bits per heavy atom. The van der Waals surface area contributed by atoms with Crippen molar-refractivity contribution in [2.75, 3.05) is 23.4 Å². The molecule has 2 amide bonds. The molecule has 0 spiro atoms. The number of anilines is 2. The standard InChI is InChI=1S/C18H21N3O7S/c1-10-14(18(24)27-3)8-13(28-10)9-19-17(23)15-7-12(20-11(2)22)5-6-16(15)21-29(4,25)26/h5-8,21H,9H2,1-4H3,(H,19,23)(H,20,22). The number of sulfonamides is 1. The highest BCUT2D eigenvalue weighted by atomic mass is 32.2. The first-order valence-corrected chi connectivity index (χ1v) is 10.2. The van der Waals surface area contributed by atoms with Crippen molar-refractivity contribution < 1.29 is 32.0 Å². The third-order valence-corrected chi connectivity index (χ3v) is 4.27. The zero-order chi connectivity index (χ0) is 21.8. The van der Waals surface area contributed by atoms with E-state index in [4.69, 9.17) is 4.42 Å². The van der Waals surface area contributed by atoms with E-state index in [0.717, 1.165) is 6.26 Å². The second kappa shape index (κ2) is 8.78. The summed E-state index contributed by atoms with van der Waals surface area (Å²) < 4.78 is 35.5.